The Morgan fingerprint density at radius 1 is 1.38 bits per heavy atom. The van der Waals surface area contributed by atoms with Gasteiger partial charge in [0.2, 0.25) is 0 Å². The van der Waals surface area contributed by atoms with E-state index in [0.29, 0.717) is 12.5 Å². The summed E-state index contributed by atoms with van der Waals surface area (Å²) in [6, 6.07) is 4.41. The van der Waals surface area contributed by atoms with Gasteiger partial charge in [-0.25, -0.2) is 0 Å². The van der Waals surface area contributed by atoms with Crippen molar-refractivity contribution in [3.8, 4) is 0 Å². The molecule has 0 aliphatic heterocycles. The largest absolute Gasteiger partial charge is 0.396 e. The molecule has 0 fully saturated rings. The van der Waals surface area contributed by atoms with Crippen molar-refractivity contribution in [3.63, 3.8) is 0 Å². The third kappa shape index (κ3) is 3.49. The summed E-state index contributed by atoms with van der Waals surface area (Å²) in [5, 5.41) is 8.91. The van der Waals surface area contributed by atoms with E-state index in [9.17, 15) is 0 Å². The van der Waals surface area contributed by atoms with Gasteiger partial charge in [0.1, 0.15) is 0 Å². The molecular weight excluding hydrogens is 180 g/mol. The van der Waals surface area contributed by atoms with Crippen LogP contribution in [0.15, 0.2) is 12.1 Å². The molecule has 1 aromatic rings. The highest BCUT2D eigenvalue weighted by atomic mass is 32.1. The molecule has 0 bridgehead atoms. The van der Waals surface area contributed by atoms with Gasteiger partial charge in [0, 0.05) is 16.4 Å². The van der Waals surface area contributed by atoms with Crippen LogP contribution in [0.5, 0.6) is 0 Å². The molecule has 0 radical (unpaired) electrons. The zero-order valence-corrected chi connectivity index (χ0v) is 9.23. The Kier molecular flexibility index (Phi) is 4.46. The molecule has 13 heavy (non-hydrogen) atoms. The summed E-state index contributed by atoms with van der Waals surface area (Å²) in [7, 11) is 0. The molecule has 1 aromatic heterocycles. The molecule has 0 spiro atoms. The normalized spacial score (nSPS) is 13.2. The Morgan fingerprint density at radius 2 is 2.08 bits per heavy atom. The zero-order valence-electron chi connectivity index (χ0n) is 8.42. The smallest absolute Gasteiger partial charge is 0.0460 e. The van der Waals surface area contributed by atoms with Gasteiger partial charge in [0.15, 0.2) is 0 Å². The molecule has 0 aromatic carbocycles. The van der Waals surface area contributed by atoms with E-state index in [1.165, 1.54) is 22.6 Å². The van der Waals surface area contributed by atoms with Crippen LogP contribution in [0, 0.1) is 5.92 Å². The lowest BCUT2D eigenvalue weighted by atomic mass is 10.1. The highest BCUT2D eigenvalue weighted by Crippen LogP contribution is 2.20. The minimum atomic E-state index is 0.293. The lowest BCUT2D eigenvalue weighted by molar-refractivity contribution is 0.237. The summed E-state index contributed by atoms with van der Waals surface area (Å²) in [6.07, 6.45) is 3.43. The van der Waals surface area contributed by atoms with Crippen molar-refractivity contribution in [2.24, 2.45) is 5.92 Å². The number of rotatable bonds is 5. The first-order valence-electron chi connectivity index (χ1n) is 4.94. The summed E-state index contributed by atoms with van der Waals surface area (Å²) in [5.41, 5.74) is 0. The average Bonchev–Trinajstić information content (AvgIpc) is 2.53. The fourth-order valence-corrected chi connectivity index (χ4v) is 2.60. The molecule has 0 aliphatic rings. The molecule has 1 nitrogen and oxygen atoms in total. The van der Waals surface area contributed by atoms with Crippen LogP contribution in [0.3, 0.4) is 0 Å². The van der Waals surface area contributed by atoms with Crippen LogP contribution >= 0.6 is 11.3 Å². The number of hydrogen-bond donors (Lipinski definition) is 1. The minimum Gasteiger partial charge on any atom is -0.396 e. The van der Waals surface area contributed by atoms with Crippen LogP contribution in [0.4, 0.5) is 0 Å². The van der Waals surface area contributed by atoms with Gasteiger partial charge in [-0.3, -0.25) is 0 Å². The van der Waals surface area contributed by atoms with Crippen LogP contribution in [-0.4, -0.2) is 11.7 Å². The third-order valence-electron chi connectivity index (χ3n) is 2.08. The molecule has 0 saturated carbocycles. The van der Waals surface area contributed by atoms with Crippen LogP contribution in [-0.2, 0) is 12.8 Å². The maximum Gasteiger partial charge on any atom is 0.0460 e. The monoisotopic (exact) mass is 198 g/mol. The van der Waals surface area contributed by atoms with Crippen molar-refractivity contribution in [2.75, 3.05) is 6.61 Å². The predicted octanol–water partition coefficient (Wildman–Crippen LogP) is 2.87. The molecule has 0 aliphatic carbocycles. The predicted molar refractivity (Wildman–Crippen MR) is 58.3 cm³/mol. The number of aliphatic hydroxyl groups is 1. The highest BCUT2D eigenvalue weighted by molar-refractivity contribution is 7.11. The molecule has 1 N–H and O–H groups in total. The van der Waals surface area contributed by atoms with Crippen LogP contribution < -0.4 is 0 Å². The summed E-state index contributed by atoms with van der Waals surface area (Å²) in [5.74, 6) is 0.396. The molecule has 1 atom stereocenters. The van der Waals surface area contributed by atoms with Crippen molar-refractivity contribution in [2.45, 2.75) is 33.1 Å². The van der Waals surface area contributed by atoms with Gasteiger partial charge in [-0.15, -0.1) is 11.3 Å². The number of thiophene rings is 1. The molecule has 0 unspecified atom stereocenters. The minimum absolute atomic E-state index is 0.293. The van der Waals surface area contributed by atoms with Crippen molar-refractivity contribution in [3.05, 3.63) is 21.9 Å². The van der Waals surface area contributed by atoms with Crippen molar-refractivity contribution in [1.29, 1.82) is 0 Å². The van der Waals surface area contributed by atoms with Gasteiger partial charge in [0.25, 0.3) is 0 Å². The quantitative estimate of drug-likeness (QED) is 0.771. The summed E-state index contributed by atoms with van der Waals surface area (Å²) in [4.78, 5) is 2.88. The zero-order chi connectivity index (χ0) is 9.68. The van der Waals surface area contributed by atoms with Crippen LogP contribution in [0.25, 0.3) is 0 Å². The van der Waals surface area contributed by atoms with E-state index in [1.54, 1.807) is 0 Å². The number of hydrogen-bond acceptors (Lipinski definition) is 2. The second-order valence-corrected chi connectivity index (χ2v) is 4.86. The van der Waals surface area contributed by atoms with Crippen molar-refractivity contribution in [1.82, 2.24) is 0 Å². The first-order chi connectivity index (χ1) is 6.26. The molecular formula is C11H18OS. The second-order valence-electron chi connectivity index (χ2n) is 3.61. The Morgan fingerprint density at radius 3 is 2.69 bits per heavy atom. The average molecular weight is 198 g/mol. The number of aryl methyl sites for hydroxylation is 1. The third-order valence-corrected chi connectivity index (χ3v) is 3.24. The van der Waals surface area contributed by atoms with E-state index in [2.05, 4.69) is 26.0 Å². The van der Waals surface area contributed by atoms with Crippen LogP contribution in [0.2, 0.25) is 0 Å². The van der Waals surface area contributed by atoms with Gasteiger partial charge >= 0.3 is 0 Å². The first-order valence-corrected chi connectivity index (χ1v) is 5.76. The number of aliphatic hydroxyl groups excluding tert-OH is 1. The summed E-state index contributed by atoms with van der Waals surface area (Å²) >= 11 is 1.89. The van der Waals surface area contributed by atoms with E-state index >= 15 is 0 Å². The molecule has 0 saturated heterocycles. The van der Waals surface area contributed by atoms with E-state index < -0.39 is 0 Å². The maximum atomic E-state index is 8.91. The van der Waals surface area contributed by atoms with E-state index in [0.717, 1.165) is 6.42 Å². The van der Waals surface area contributed by atoms with Crippen molar-refractivity contribution < 1.29 is 5.11 Å². The van der Waals surface area contributed by atoms with Crippen molar-refractivity contribution >= 4 is 11.3 Å². The topological polar surface area (TPSA) is 20.2 Å². The van der Waals surface area contributed by atoms with Gasteiger partial charge < -0.3 is 5.11 Å². The second kappa shape index (κ2) is 5.40. The molecule has 0 amide bonds. The lowest BCUT2D eigenvalue weighted by Gasteiger charge is -2.03. The fourth-order valence-electron chi connectivity index (χ4n) is 1.32. The van der Waals surface area contributed by atoms with Gasteiger partial charge in [-0.1, -0.05) is 20.3 Å². The maximum absolute atomic E-state index is 8.91. The fraction of sp³-hybridized carbons (Fsp3) is 0.636. The SMILES string of the molecule is CCCc1ccc(C[C@@H](C)CO)s1. The van der Waals surface area contributed by atoms with Crippen LogP contribution in [0.1, 0.15) is 30.0 Å². The summed E-state index contributed by atoms with van der Waals surface area (Å²) < 4.78 is 0. The molecule has 1 heterocycles. The Bertz CT molecular complexity index is 242. The Balaban J connectivity index is 2.48. The van der Waals surface area contributed by atoms with Gasteiger partial charge in [-0.2, -0.15) is 0 Å². The Hall–Kier alpha value is -0.340. The Labute approximate surface area is 84.4 Å². The standard InChI is InChI=1S/C11H18OS/c1-3-4-10-5-6-11(13-10)7-9(2)8-12/h5-6,9,12H,3-4,7-8H2,1-2H3/t9-/m1/s1. The molecule has 74 valence electrons. The lowest BCUT2D eigenvalue weighted by Crippen LogP contribution is -2.02. The van der Waals surface area contributed by atoms with E-state index in [1.807, 2.05) is 11.3 Å². The van der Waals surface area contributed by atoms with Gasteiger partial charge in [0.05, 0.1) is 0 Å². The molecule has 2 heteroatoms. The van der Waals surface area contributed by atoms with E-state index in [4.69, 9.17) is 5.11 Å². The first kappa shape index (κ1) is 10.7. The van der Waals surface area contributed by atoms with E-state index in [-0.39, 0.29) is 0 Å². The molecule has 1 rings (SSSR count). The highest BCUT2D eigenvalue weighted by Gasteiger charge is 2.04. The van der Waals surface area contributed by atoms with Gasteiger partial charge in [-0.05, 0) is 30.9 Å². The summed E-state index contributed by atoms with van der Waals surface area (Å²) in [6.45, 7) is 4.58.